The Morgan fingerprint density at radius 3 is 2.76 bits per heavy atom. The predicted molar refractivity (Wildman–Crippen MR) is 107 cm³/mol. The third-order valence-electron chi connectivity index (χ3n) is 4.72. The average Bonchev–Trinajstić information content (AvgIpc) is 3.17. The van der Waals surface area contributed by atoms with E-state index in [4.69, 9.17) is 21.4 Å². The number of fused-ring (bicyclic) bond motifs is 1. The van der Waals surface area contributed by atoms with E-state index in [1.807, 2.05) is 16.3 Å². The fraction of sp³-hybridized carbons (Fsp3) is 0.316. The normalized spacial score (nSPS) is 15.2. The highest BCUT2D eigenvalue weighted by Gasteiger charge is 2.25. The molecule has 0 amide bonds. The molecule has 10 heteroatoms. The Bertz CT molecular complexity index is 1070. The van der Waals surface area contributed by atoms with E-state index in [0.717, 1.165) is 16.8 Å². The van der Waals surface area contributed by atoms with Crippen molar-refractivity contribution in [2.75, 3.05) is 24.6 Å². The van der Waals surface area contributed by atoms with Gasteiger partial charge >= 0.3 is 5.97 Å². The number of benzene rings is 1. The van der Waals surface area contributed by atoms with Crippen molar-refractivity contribution in [1.29, 1.82) is 0 Å². The van der Waals surface area contributed by atoms with Gasteiger partial charge in [-0.05, 0) is 36.4 Å². The van der Waals surface area contributed by atoms with E-state index < -0.39 is 17.6 Å². The van der Waals surface area contributed by atoms with Crippen LogP contribution in [0.4, 0.5) is 14.6 Å². The van der Waals surface area contributed by atoms with Crippen LogP contribution in [0.15, 0.2) is 23.6 Å². The van der Waals surface area contributed by atoms with Crippen molar-refractivity contribution in [3.05, 3.63) is 40.2 Å². The lowest BCUT2D eigenvalue weighted by Crippen LogP contribution is -2.38. The number of aliphatic carboxylic acids is 1. The van der Waals surface area contributed by atoms with Crippen molar-refractivity contribution in [3.63, 3.8) is 0 Å². The number of hydrogen-bond acceptors (Lipinski definition) is 6. The molecular weight excluding hydrogens is 424 g/mol. The van der Waals surface area contributed by atoms with Gasteiger partial charge in [0.25, 0.3) is 0 Å². The number of halogens is 3. The van der Waals surface area contributed by atoms with Gasteiger partial charge in [-0.1, -0.05) is 11.6 Å². The predicted octanol–water partition coefficient (Wildman–Crippen LogP) is 4.36. The number of nitrogens with zero attached hydrogens (tertiary/aromatic N) is 3. The van der Waals surface area contributed by atoms with Gasteiger partial charge in [-0.15, -0.1) is 11.3 Å². The molecule has 0 saturated carbocycles. The fourth-order valence-electron chi connectivity index (χ4n) is 3.30. The van der Waals surface area contributed by atoms with Crippen LogP contribution in [0, 0.1) is 11.6 Å². The minimum atomic E-state index is -0.995. The first-order chi connectivity index (χ1) is 13.9. The van der Waals surface area contributed by atoms with Crippen LogP contribution in [0.25, 0.3) is 21.6 Å². The molecule has 3 heterocycles. The van der Waals surface area contributed by atoms with Crippen LogP contribution >= 0.6 is 22.9 Å². The number of rotatable bonds is 5. The van der Waals surface area contributed by atoms with Crippen LogP contribution in [0.1, 0.15) is 12.8 Å². The molecular formula is C19H16ClF2N3O3S. The van der Waals surface area contributed by atoms with Crippen LogP contribution in [0.2, 0.25) is 5.02 Å². The van der Waals surface area contributed by atoms with Crippen molar-refractivity contribution in [2.45, 2.75) is 18.9 Å². The zero-order valence-corrected chi connectivity index (χ0v) is 16.6. The minimum absolute atomic E-state index is 0.0547. The van der Waals surface area contributed by atoms with E-state index in [0.29, 0.717) is 37.3 Å². The molecule has 1 aromatic carbocycles. The molecule has 0 bridgehead atoms. The summed E-state index contributed by atoms with van der Waals surface area (Å²) >= 11 is 7.12. The van der Waals surface area contributed by atoms with Gasteiger partial charge in [0.2, 0.25) is 0 Å². The summed E-state index contributed by atoms with van der Waals surface area (Å²) in [4.78, 5) is 21.6. The molecule has 1 N–H and O–H groups in total. The molecule has 6 nitrogen and oxygen atoms in total. The van der Waals surface area contributed by atoms with Crippen LogP contribution in [-0.2, 0) is 9.53 Å². The molecule has 1 fully saturated rings. The Morgan fingerprint density at radius 1 is 1.28 bits per heavy atom. The Balaban J connectivity index is 1.65. The van der Waals surface area contributed by atoms with Crippen LogP contribution in [0.5, 0.6) is 0 Å². The van der Waals surface area contributed by atoms with Gasteiger partial charge in [-0.2, -0.15) is 0 Å². The van der Waals surface area contributed by atoms with Gasteiger partial charge < -0.3 is 14.7 Å². The van der Waals surface area contributed by atoms with Gasteiger partial charge in [-0.3, -0.25) is 0 Å². The van der Waals surface area contributed by atoms with Crippen molar-refractivity contribution in [1.82, 2.24) is 9.97 Å². The quantitative estimate of drug-likeness (QED) is 0.595. The molecule has 1 saturated heterocycles. The molecule has 29 heavy (non-hydrogen) atoms. The molecule has 3 aromatic rings. The number of carboxylic acid groups (broad SMARTS) is 1. The van der Waals surface area contributed by atoms with E-state index >= 15 is 0 Å². The smallest absolute Gasteiger partial charge is 0.329 e. The zero-order valence-electron chi connectivity index (χ0n) is 15.1. The van der Waals surface area contributed by atoms with Gasteiger partial charge in [-0.25, -0.2) is 23.5 Å². The number of ether oxygens (including phenoxy) is 1. The zero-order chi connectivity index (χ0) is 20.5. The molecule has 0 spiro atoms. The van der Waals surface area contributed by atoms with E-state index in [2.05, 4.69) is 9.97 Å². The van der Waals surface area contributed by atoms with Crippen LogP contribution in [0.3, 0.4) is 0 Å². The maximum absolute atomic E-state index is 14.4. The second-order valence-electron chi connectivity index (χ2n) is 6.64. The summed E-state index contributed by atoms with van der Waals surface area (Å²) < 4.78 is 34.5. The topological polar surface area (TPSA) is 75.6 Å². The van der Waals surface area contributed by atoms with E-state index in [1.54, 1.807) is 0 Å². The summed E-state index contributed by atoms with van der Waals surface area (Å²) in [5.41, 5.74) is 0.593. The van der Waals surface area contributed by atoms with E-state index in [1.165, 1.54) is 11.3 Å². The largest absolute Gasteiger partial charge is 0.480 e. The summed E-state index contributed by atoms with van der Waals surface area (Å²) in [5, 5.41) is 10.3. The molecule has 2 aromatic heterocycles. The number of aromatic nitrogens is 2. The lowest BCUT2D eigenvalue weighted by atomic mass is 10.1. The third kappa shape index (κ3) is 4.17. The van der Waals surface area contributed by atoms with Crippen LogP contribution < -0.4 is 4.90 Å². The lowest BCUT2D eigenvalue weighted by Gasteiger charge is -2.32. The standard InChI is InChI=1S/C19H16ClF2N3O3S/c20-12-8-13(21)11(7-14(12)22)18-23-15-3-6-29-17(15)19(24-18)25-4-1-10(2-5-25)28-9-16(26)27/h3,6-8,10H,1-2,4-5,9H2,(H,26,27). The summed E-state index contributed by atoms with van der Waals surface area (Å²) in [5.74, 6) is -1.70. The SMILES string of the molecule is O=C(O)COC1CCN(c2nc(-c3cc(F)c(Cl)cc3F)nc3ccsc23)CC1. The highest BCUT2D eigenvalue weighted by atomic mass is 35.5. The number of thiophene rings is 1. The molecule has 0 radical (unpaired) electrons. The number of carbonyl (C=O) groups is 1. The first-order valence-electron chi connectivity index (χ1n) is 8.91. The van der Waals surface area contributed by atoms with Crippen LogP contribution in [-0.4, -0.2) is 46.8 Å². The van der Waals surface area contributed by atoms with Gasteiger partial charge in [0.15, 0.2) is 11.6 Å². The van der Waals surface area contributed by atoms with E-state index in [9.17, 15) is 13.6 Å². The molecule has 152 valence electrons. The summed E-state index contributed by atoms with van der Waals surface area (Å²) in [6.07, 6.45) is 1.15. The fourth-order valence-corrected chi connectivity index (χ4v) is 4.30. The van der Waals surface area contributed by atoms with Crippen molar-refractivity contribution >= 4 is 44.9 Å². The number of anilines is 1. The summed E-state index contributed by atoms with van der Waals surface area (Å²) in [6.45, 7) is 0.884. The van der Waals surface area contributed by atoms with E-state index in [-0.39, 0.29) is 29.1 Å². The first-order valence-corrected chi connectivity index (χ1v) is 10.2. The average molecular weight is 440 g/mol. The van der Waals surface area contributed by atoms with Crippen molar-refractivity contribution in [3.8, 4) is 11.4 Å². The monoisotopic (exact) mass is 439 g/mol. The Labute approximate surface area is 173 Å². The summed E-state index contributed by atoms with van der Waals surface area (Å²) in [7, 11) is 0. The third-order valence-corrected chi connectivity index (χ3v) is 5.91. The number of piperidine rings is 1. The van der Waals surface area contributed by atoms with Gasteiger partial charge in [0.1, 0.15) is 18.2 Å². The van der Waals surface area contributed by atoms with Crippen molar-refractivity contribution in [2.24, 2.45) is 0 Å². The number of hydrogen-bond donors (Lipinski definition) is 1. The summed E-state index contributed by atoms with van der Waals surface area (Å²) in [6, 6.07) is 3.72. The highest BCUT2D eigenvalue weighted by molar-refractivity contribution is 7.17. The molecule has 1 aliphatic heterocycles. The Hall–Kier alpha value is -2.36. The highest BCUT2D eigenvalue weighted by Crippen LogP contribution is 2.34. The van der Waals surface area contributed by atoms with Crippen molar-refractivity contribution < 1.29 is 23.4 Å². The molecule has 4 rings (SSSR count). The second kappa shape index (κ2) is 8.17. The maximum Gasteiger partial charge on any atom is 0.329 e. The molecule has 0 unspecified atom stereocenters. The second-order valence-corrected chi connectivity index (χ2v) is 7.97. The maximum atomic E-state index is 14.4. The number of carboxylic acids is 1. The minimum Gasteiger partial charge on any atom is -0.480 e. The lowest BCUT2D eigenvalue weighted by molar-refractivity contribution is -0.144. The molecule has 1 aliphatic rings. The Kier molecular flexibility index (Phi) is 5.62. The Morgan fingerprint density at radius 2 is 2.03 bits per heavy atom. The van der Waals surface area contributed by atoms with Gasteiger partial charge in [0, 0.05) is 13.1 Å². The molecule has 0 atom stereocenters. The van der Waals surface area contributed by atoms with Gasteiger partial charge in [0.05, 0.1) is 26.9 Å². The molecule has 0 aliphatic carbocycles. The first kappa shape index (κ1) is 19.9.